The van der Waals surface area contributed by atoms with Crippen molar-refractivity contribution >= 4 is 9.84 Å². The third kappa shape index (κ3) is 2.09. The molecule has 0 saturated carbocycles. The standard InChI is InChI=1S/C13H20N2O2S/c1-10-5-6-15-9-11(14-13(15)8-10)12-4-2-3-7-18(12,16)17/h9-10,12H,2-8H2,1H3. The molecular weight excluding hydrogens is 248 g/mol. The molecule has 0 aliphatic carbocycles. The Hall–Kier alpha value is -0.840. The van der Waals surface area contributed by atoms with Crippen LogP contribution in [0.1, 0.15) is 49.4 Å². The molecule has 100 valence electrons. The van der Waals surface area contributed by atoms with Gasteiger partial charge in [-0.25, -0.2) is 13.4 Å². The minimum Gasteiger partial charge on any atom is -0.335 e. The highest BCUT2D eigenvalue weighted by atomic mass is 32.2. The fourth-order valence-corrected chi connectivity index (χ4v) is 4.95. The molecular formula is C13H20N2O2S. The Labute approximate surface area is 108 Å². The second kappa shape index (κ2) is 4.37. The Bertz CT molecular complexity index is 547. The van der Waals surface area contributed by atoms with E-state index in [-0.39, 0.29) is 5.25 Å². The van der Waals surface area contributed by atoms with E-state index < -0.39 is 9.84 Å². The van der Waals surface area contributed by atoms with Crippen molar-refractivity contribution in [2.45, 2.75) is 50.8 Å². The summed E-state index contributed by atoms with van der Waals surface area (Å²) in [5.74, 6) is 2.07. The zero-order chi connectivity index (χ0) is 12.8. The zero-order valence-electron chi connectivity index (χ0n) is 10.8. The Kier molecular flexibility index (Phi) is 2.96. The van der Waals surface area contributed by atoms with Crippen LogP contribution < -0.4 is 0 Å². The van der Waals surface area contributed by atoms with E-state index in [0.29, 0.717) is 11.7 Å². The molecule has 2 aliphatic heterocycles. The van der Waals surface area contributed by atoms with Crippen molar-refractivity contribution in [2.75, 3.05) is 5.75 Å². The van der Waals surface area contributed by atoms with Crippen molar-refractivity contribution in [3.8, 4) is 0 Å². The maximum absolute atomic E-state index is 12.1. The van der Waals surface area contributed by atoms with Crippen LogP contribution in [0.2, 0.25) is 0 Å². The summed E-state index contributed by atoms with van der Waals surface area (Å²) in [6.07, 6.45) is 6.68. The number of rotatable bonds is 1. The van der Waals surface area contributed by atoms with E-state index in [2.05, 4.69) is 16.5 Å². The van der Waals surface area contributed by atoms with Crippen LogP contribution in [0.3, 0.4) is 0 Å². The minimum atomic E-state index is -2.97. The minimum absolute atomic E-state index is 0.330. The topological polar surface area (TPSA) is 52.0 Å². The van der Waals surface area contributed by atoms with E-state index in [4.69, 9.17) is 0 Å². The summed E-state index contributed by atoms with van der Waals surface area (Å²) >= 11 is 0. The van der Waals surface area contributed by atoms with E-state index in [1.165, 1.54) is 6.42 Å². The molecule has 0 radical (unpaired) electrons. The maximum atomic E-state index is 12.1. The molecule has 18 heavy (non-hydrogen) atoms. The molecule has 2 atom stereocenters. The van der Waals surface area contributed by atoms with Crippen molar-refractivity contribution in [1.82, 2.24) is 9.55 Å². The molecule has 3 rings (SSSR count). The van der Waals surface area contributed by atoms with Gasteiger partial charge in [-0.1, -0.05) is 13.3 Å². The highest BCUT2D eigenvalue weighted by Crippen LogP contribution is 2.33. The largest absolute Gasteiger partial charge is 0.335 e. The molecule has 1 fully saturated rings. The molecule has 1 saturated heterocycles. The van der Waals surface area contributed by atoms with Crippen LogP contribution in [0.4, 0.5) is 0 Å². The average Bonchev–Trinajstić information content (AvgIpc) is 2.70. The lowest BCUT2D eigenvalue weighted by Crippen LogP contribution is -2.21. The van der Waals surface area contributed by atoms with Crippen molar-refractivity contribution in [1.29, 1.82) is 0 Å². The number of aromatic nitrogens is 2. The lowest BCUT2D eigenvalue weighted by molar-refractivity contribution is 0.409. The normalized spacial score (nSPS) is 30.9. The summed E-state index contributed by atoms with van der Waals surface area (Å²) in [4.78, 5) is 4.60. The number of aryl methyl sites for hydroxylation is 1. The molecule has 3 heterocycles. The summed E-state index contributed by atoms with van der Waals surface area (Å²) in [5, 5.41) is -0.348. The monoisotopic (exact) mass is 268 g/mol. The van der Waals surface area contributed by atoms with Gasteiger partial charge in [0.05, 0.1) is 11.4 Å². The number of sulfone groups is 1. The molecule has 4 nitrogen and oxygen atoms in total. The van der Waals surface area contributed by atoms with Crippen LogP contribution in [-0.2, 0) is 22.8 Å². The van der Waals surface area contributed by atoms with Gasteiger partial charge in [-0.3, -0.25) is 0 Å². The van der Waals surface area contributed by atoms with Crippen molar-refractivity contribution < 1.29 is 8.42 Å². The lowest BCUT2D eigenvalue weighted by Gasteiger charge is -2.20. The van der Waals surface area contributed by atoms with Gasteiger partial charge < -0.3 is 4.57 Å². The average molecular weight is 268 g/mol. The summed E-state index contributed by atoms with van der Waals surface area (Å²) < 4.78 is 26.4. The molecule has 2 aliphatic rings. The van der Waals surface area contributed by atoms with Crippen molar-refractivity contribution in [2.24, 2.45) is 5.92 Å². The first-order valence-corrected chi connectivity index (χ1v) is 8.55. The van der Waals surface area contributed by atoms with Gasteiger partial charge in [0.1, 0.15) is 11.1 Å². The van der Waals surface area contributed by atoms with Gasteiger partial charge in [0.15, 0.2) is 9.84 Å². The molecule has 0 N–H and O–H groups in total. The predicted molar refractivity (Wildman–Crippen MR) is 70.1 cm³/mol. The lowest BCUT2D eigenvalue weighted by atomic mass is 10.0. The SMILES string of the molecule is CC1CCn2cc(C3CCCCS3(=O)=O)nc2C1. The highest BCUT2D eigenvalue weighted by molar-refractivity contribution is 7.91. The van der Waals surface area contributed by atoms with Crippen molar-refractivity contribution in [3.05, 3.63) is 17.7 Å². The quantitative estimate of drug-likeness (QED) is 0.784. The van der Waals surface area contributed by atoms with Gasteiger partial charge in [0, 0.05) is 19.2 Å². The zero-order valence-corrected chi connectivity index (χ0v) is 11.6. The Balaban J connectivity index is 1.93. The fourth-order valence-electron chi connectivity index (χ4n) is 3.05. The van der Waals surface area contributed by atoms with Crippen LogP contribution in [-0.4, -0.2) is 23.7 Å². The van der Waals surface area contributed by atoms with E-state index in [9.17, 15) is 8.42 Å². The first-order chi connectivity index (χ1) is 8.56. The third-order valence-electron chi connectivity index (χ3n) is 4.18. The summed E-state index contributed by atoms with van der Waals surface area (Å²) in [6, 6.07) is 0. The number of imidazole rings is 1. The van der Waals surface area contributed by atoms with Crippen LogP contribution in [0.15, 0.2) is 6.20 Å². The Morgan fingerprint density at radius 3 is 2.94 bits per heavy atom. The van der Waals surface area contributed by atoms with E-state index in [1.54, 1.807) is 0 Å². The third-order valence-corrected chi connectivity index (χ3v) is 6.38. The van der Waals surface area contributed by atoms with Gasteiger partial charge >= 0.3 is 0 Å². The van der Waals surface area contributed by atoms with Crippen LogP contribution in [0.5, 0.6) is 0 Å². The van der Waals surface area contributed by atoms with E-state index in [1.807, 2.05) is 6.20 Å². The molecule has 1 aromatic rings. The maximum Gasteiger partial charge on any atom is 0.158 e. The highest BCUT2D eigenvalue weighted by Gasteiger charge is 2.33. The first-order valence-electron chi connectivity index (χ1n) is 6.84. The first kappa shape index (κ1) is 12.2. The van der Waals surface area contributed by atoms with Gasteiger partial charge in [-0.15, -0.1) is 0 Å². The number of nitrogens with zero attached hydrogens (tertiary/aromatic N) is 2. The van der Waals surface area contributed by atoms with Crippen LogP contribution >= 0.6 is 0 Å². The van der Waals surface area contributed by atoms with E-state index in [0.717, 1.165) is 43.7 Å². The second-order valence-electron chi connectivity index (χ2n) is 5.72. The summed E-state index contributed by atoms with van der Waals surface area (Å²) in [6.45, 7) is 3.21. The Morgan fingerprint density at radius 2 is 2.17 bits per heavy atom. The van der Waals surface area contributed by atoms with Gasteiger partial charge in [-0.2, -0.15) is 0 Å². The molecule has 0 aromatic carbocycles. The molecule has 0 spiro atoms. The second-order valence-corrected chi connectivity index (χ2v) is 8.03. The summed E-state index contributed by atoms with van der Waals surface area (Å²) in [7, 11) is -2.97. The number of hydrogen-bond acceptors (Lipinski definition) is 3. The smallest absolute Gasteiger partial charge is 0.158 e. The molecule has 0 bridgehead atoms. The van der Waals surface area contributed by atoms with Gasteiger partial charge in [-0.05, 0) is 25.2 Å². The van der Waals surface area contributed by atoms with Crippen LogP contribution in [0, 0.1) is 5.92 Å². The molecule has 1 aromatic heterocycles. The Morgan fingerprint density at radius 1 is 1.33 bits per heavy atom. The molecule has 0 amide bonds. The van der Waals surface area contributed by atoms with Crippen molar-refractivity contribution in [3.63, 3.8) is 0 Å². The number of fused-ring (bicyclic) bond motifs is 1. The van der Waals surface area contributed by atoms with Gasteiger partial charge in [0.25, 0.3) is 0 Å². The predicted octanol–water partition coefficient (Wildman–Crippen LogP) is 2.11. The van der Waals surface area contributed by atoms with Crippen LogP contribution in [0.25, 0.3) is 0 Å². The van der Waals surface area contributed by atoms with Gasteiger partial charge in [0.2, 0.25) is 0 Å². The van der Waals surface area contributed by atoms with E-state index >= 15 is 0 Å². The fraction of sp³-hybridized carbons (Fsp3) is 0.769. The molecule has 5 heteroatoms. The summed E-state index contributed by atoms with van der Waals surface area (Å²) in [5.41, 5.74) is 0.791. The number of hydrogen-bond donors (Lipinski definition) is 0. The molecule has 2 unspecified atom stereocenters.